The van der Waals surface area contributed by atoms with E-state index in [2.05, 4.69) is 27.8 Å². The molecule has 0 amide bonds. The molecule has 2 aromatic carbocycles. The molecule has 0 fully saturated rings. The Bertz CT molecular complexity index is 653. The van der Waals surface area contributed by atoms with Crippen molar-refractivity contribution in [3.05, 3.63) is 64.6 Å². The summed E-state index contributed by atoms with van der Waals surface area (Å²) in [5.41, 5.74) is 2.91. The minimum absolute atomic E-state index is 0.791. The third-order valence-electron chi connectivity index (χ3n) is 3.07. The summed E-state index contributed by atoms with van der Waals surface area (Å²) >= 11 is 3.43. The quantitative estimate of drug-likeness (QED) is 0.798. The average Bonchev–Trinajstić information content (AvgIpc) is 2.48. The molecule has 0 unspecified atom stereocenters. The third kappa shape index (κ3) is 3.95. The summed E-state index contributed by atoms with van der Waals surface area (Å²) in [4.78, 5) is 12.9. The lowest BCUT2D eigenvalue weighted by atomic mass is 10.1. The molecular weight excluding hydrogens is 330 g/mol. The number of anilines is 2. The molecule has 0 atom stereocenters. The number of nitrogens with zero attached hydrogens (tertiary/aromatic N) is 1. The van der Waals surface area contributed by atoms with Crippen LogP contribution < -0.4 is 4.90 Å². The fourth-order valence-corrected chi connectivity index (χ4v) is 2.54. The Morgan fingerprint density at radius 2 is 1.95 bits per heavy atom. The van der Waals surface area contributed by atoms with Crippen LogP contribution in [0.15, 0.2) is 59.1 Å². The van der Waals surface area contributed by atoms with Crippen molar-refractivity contribution in [2.24, 2.45) is 0 Å². The van der Waals surface area contributed by atoms with Crippen LogP contribution in [0.4, 0.5) is 11.4 Å². The monoisotopic (exact) mass is 345 g/mol. The third-order valence-corrected chi connectivity index (χ3v) is 3.56. The van der Waals surface area contributed by atoms with Crippen LogP contribution >= 0.6 is 15.9 Å². The molecule has 0 aliphatic rings. The van der Waals surface area contributed by atoms with Gasteiger partial charge in [0, 0.05) is 28.5 Å². The first-order valence-electron chi connectivity index (χ1n) is 6.65. The van der Waals surface area contributed by atoms with E-state index in [1.54, 1.807) is 6.08 Å². The van der Waals surface area contributed by atoms with E-state index in [9.17, 15) is 4.79 Å². The molecule has 0 saturated heterocycles. The van der Waals surface area contributed by atoms with Crippen molar-refractivity contribution < 1.29 is 9.90 Å². The molecule has 1 N–H and O–H groups in total. The van der Waals surface area contributed by atoms with Gasteiger partial charge in [0.2, 0.25) is 0 Å². The largest absolute Gasteiger partial charge is 0.478 e. The van der Waals surface area contributed by atoms with Crippen molar-refractivity contribution in [1.29, 1.82) is 0 Å². The number of carbonyl (C=O) groups is 1. The topological polar surface area (TPSA) is 40.5 Å². The number of hydrogen-bond acceptors (Lipinski definition) is 2. The van der Waals surface area contributed by atoms with Crippen LogP contribution in [0.3, 0.4) is 0 Å². The molecule has 2 aromatic rings. The van der Waals surface area contributed by atoms with Gasteiger partial charge < -0.3 is 10.0 Å². The lowest BCUT2D eigenvalue weighted by Gasteiger charge is -2.25. The molecule has 0 radical (unpaired) electrons. The minimum atomic E-state index is -0.955. The maximum Gasteiger partial charge on any atom is 0.328 e. The second-order valence-corrected chi connectivity index (χ2v) is 5.37. The zero-order valence-electron chi connectivity index (χ0n) is 11.7. The summed E-state index contributed by atoms with van der Waals surface area (Å²) in [6, 6.07) is 15.9. The van der Waals surface area contributed by atoms with Gasteiger partial charge in [-0.2, -0.15) is 0 Å². The van der Waals surface area contributed by atoms with E-state index in [1.165, 1.54) is 0 Å². The van der Waals surface area contributed by atoms with Crippen LogP contribution in [-0.2, 0) is 4.79 Å². The Balaban J connectivity index is 2.48. The summed E-state index contributed by atoms with van der Waals surface area (Å²) in [6.07, 6.45) is 2.78. The molecule has 0 saturated carbocycles. The second-order valence-electron chi connectivity index (χ2n) is 4.45. The Kier molecular flexibility index (Phi) is 5.17. The molecule has 4 heteroatoms. The fraction of sp³-hybridized carbons (Fsp3) is 0.118. The van der Waals surface area contributed by atoms with Gasteiger partial charge in [-0.1, -0.05) is 34.1 Å². The normalized spacial score (nSPS) is 10.8. The molecule has 21 heavy (non-hydrogen) atoms. The number of hydrogen-bond donors (Lipinski definition) is 1. The van der Waals surface area contributed by atoms with Crippen molar-refractivity contribution in [3.8, 4) is 0 Å². The highest BCUT2D eigenvalue weighted by molar-refractivity contribution is 9.10. The lowest BCUT2D eigenvalue weighted by molar-refractivity contribution is -0.131. The first-order chi connectivity index (χ1) is 10.1. The summed E-state index contributed by atoms with van der Waals surface area (Å²) in [5, 5.41) is 8.84. The number of carboxylic acids is 1. The van der Waals surface area contributed by atoms with Crippen LogP contribution in [0.1, 0.15) is 12.5 Å². The zero-order valence-corrected chi connectivity index (χ0v) is 13.2. The van der Waals surface area contributed by atoms with Crippen molar-refractivity contribution >= 4 is 39.4 Å². The van der Waals surface area contributed by atoms with Gasteiger partial charge in [-0.05, 0) is 48.9 Å². The van der Waals surface area contributed by atoms with Crippen LogP contribution in [0, 0.1) is 0 Å². The van der Waals surface area contributed by atoms with Gasteiger partial charge in [-0.25, -0.2) is 4.79 Å². The van der Waals surface area contributed by atoms with E-state index >= 15 is 0 Å². The highest BCUT2D eigenvalue weighted by atomic mass is 79.9. The number of benzene rings is 2. The maximum absolute atomic E-state index is 10.8. The maximum atomic E-state index is 10.8. The first kappa shape index (κ1) is 15.3. The van der Waals surface area contributed by atoms with Crippen LogP contribution in [-0.4, -0.2) is 17.6 Å². The Labute approximate surface area is 132 Å². The van der Waals surface area contributed by atoms with E-state index in [0.717, 1.165) is 34.0 Å². The van der Waals surface area contributed by atoms with Crippen molar-refractivity contribution in [2.75, 3.05) is 11.4 Å². The summed E-state index contributed by atoms with van der Waals surface area (Å²) in [7, 11) is 0. The molecular formula is C17H16BrNO2. The minimum Gasteiger partial charge on any atom is -0.478 e. The zero-order chi connectivity index (χ0) is 15.2. The Hall–Kier alpha value is -2.07. The van der Waals surface area contributed by atoms with Crippen molar-refractivity contribution in [1.82, 2.24) is 0 Å². The van der Waals surface area contributed by atoms with E-state index < -0.39 is 5.97 Å². The van der Waals surface area contributed by atoms with Gasteiger partial charge in [0.25, 0.3) is 0 Å². The lowest BCUT2D eigenvalue weighted by Crippen LogP contribution is -2.16. The predicted octanol–water partition coefficient (Wildman–Crippen LogP) is 4.70. The molecule has 0 heterocycles. The van der Waals surface area contributed by atoms with Crippen molar-refractivity contribution in [2.45, 2.75) is 6.92 Å². The standard InChI is InChI=1S/C17H16BrNO2/c1-2-19(15-6-4-3-5-7-15)16-10-9-14(18)12-13(16)8-11-17(20)21/h3-12H,2H2,1H3,(H,20,21)/b11-8+. The van der Waals surface area contributed by atoms with E-state index in [1.807, 2.05) is 48.5 Å². The van der Waals surface area contributed by atoms with Gasteiger partial charge in [-0.15, -0.1) is 0 Å². The predicted molar refractivity (Wildman–Crippen MR) is 89.9 cm³/mol. The fourth-order valence-electron chi connectivity index (χ4n) is 2.17. The molecule has 0 aliphatic heterocycles. The number of carboxylic acid groups (broad SMARTS) is 1. The highest BCUT2D eigenvalue weighted by Crippen LogP contribution is 2.31. The smallest absolute Gasteiger partial charge is 0.328 e. The number of para-hydroxylation sites is 1. The summed E-state index contributed by atoms with van der Waals surface area (Å²) in [5.74, 6) is -0.955. The Morgan fingerprint density at radius 3 is 2.57 bits per heavy atom. The van der Waals surface area contributed by atoms with Crippen molar-refractivity contribution in [3.63, 3.8) is 0 Å². The van der Waals surface area contributed by atoms with Gasteiger partial charge in [0.05, 0.1) is 0 Å². The molecule has 0 bridgehead atoms. The number of aliphatic carboxylic acids is 1. The first-order valence-corrected chi connectivity index (χ1v) is 7.44. The molecule has 2 rings (SSSR count). The van der Waals surface area contributed by atoms with Crippen LogP contribution in [0.2, 0.25) is 0 Å². The van der Waals surface area contributed by atoms with E-state index in [4.69, 9.17) is 5.11 Å². The molecule has 108 valence electrons. The molecule has 3 nitrogen and oxygen atoms in total. The highest BCUT2D eigenvalue weighted by Gasteiger charge is 2.11. The average molecular weight is 346 g/mol. The molecule has 0 spiro atoms. The SMILES string of the molecule is CCN(c1ccccc1)c1ccc(Br)cc1/C=C/C(=O)O. The van der Waals surface area contributed by atoms with Gasteiger partial charge in [-0.3, -0.25) is 0 Å². The van der Waals surface area contributed by atoms with Crippen LogP contribution in [0.5, 0.6) is 0 Å². The van der Waals surface area contributed by atoms with Crippen LogP contribution in [0.25, 0.3) is 6.08 Å². The van der Waals surface area contributed by atoms with E-state index in [-0.39, 0.29) is 0 Å². The number of halogens is 1. The summed E-state index contributed by atoms with van der Waals surface area (Å²) < 4.78 is 0.917. The Morgan fingerprint density at radius 1 is 1.24 bits per heavy atom. The van der Waals surface area contributed by atoms with Gasteiger partial charge in [0.1, 0.15) is 0 Å². The van der Waals surface area contributed by atoms with Gasteiger partial charge >= 0.3 is 5.97 Å². The molecule has 0 aliphatic carbocycles. The van der Waals surface area contributed by atoms with Gasteiger partial charge in [0.15, 0.2) is 0 Å². The second kappa shape index (κ2) is 7.09. The number of rotatable bonds is 5. The van der Waals surface area contributed by atoms with E-state index in [0.29, 0.717) is 0 Å². The molecule has 0 aromatic heterocycles. The summed E-state index contributed by atoms with van der Waals surface area (Å²) in [6.45, 7) is 2.86.